The van der Waals surface area contributed by atoms with Gasteiger partial charge in [-0.2, -0.15) is 0 Å². The lowest BCUT2D eigenvalue weighted by Crippen LogP contribution is -2.53. The summed E-state index contributed by atoms with van der Waals surface area (Å²) < 4.78 is 0. The second kappa shape index (κ2) is 8.38. The fourth-order valence-corrected chi connectivity index (χ4v) is 3.87. The van der Waals surface area contributed by atoms with Gasteiger partial charge in [0.15, 0.2) is 0 Å². The quantitative estimate of drug-likeness (QED) is 0.714. The number of nitrogens with zero attached hydrogens (tertiary/aromatic N) is 1. The monoisotopic (exact) mass is 282 g/mol. The summed E-state index contributed by atoms with van der Waals surface area (Å²) in [5, 5.41) is 3.87. The topological polar surface area (TPSA) is 15.3 Å². The highest BCUT2D eigenvalue weighted by atomic mass is 15.2. The first kappa shape index (κ1) is 18.0. The summed E-state index contributed by atoms with van der Waals surface area (Å²) in [7, 11) is 0. The van der Waals surface area contributed by atoms with Crippen molar-refractivity contribution >= 4 is 0 Å². The normalized spacial score (nSPS) is 26.4. The molecule has 1 rings (SSSR count). The van der Waals surface area contributed by atoms with Crippen LogP contribution in [0.4, 0.5) is 0 Å². The van der Waals surface area contributed by atoms with E-state index in [0.717, 1.165) is 5.92 Å². The predicted molar refractivity (Wildman–Crippen MR) is 90.2 cm³/mol. The maximum Gasteiger partial charge on any atom is 0.0159 e. The molecule has 0 saturated heterocycles. The molecule has 120 valence electrons. The molecular formula is C18H38N2. The molecule has 0 bridgehead atoms. The zero-order chi connectivity index (χ0) is 15.2. The van der Waals surface area contributed by atoms with Gasteiger partial charge < -0.3 is 10.2 Å². The van der Waals surface area contributed by atoms with Crippen LogP contribution in [0.3, 0.4) is 0 Å². The molecule has 0 aliphatic heterocycles. The van der Waals surface area contributed by atoms with E-state index in [1.165, 1.54) is 51.7 Å². The standard InChI is InChI=1S/C18H38N2/c1-7-12-19-17-16(10-9-11-18(17,5)6)14-20(13-8-2)15(3)4/h15-17,19H,7-14H2,1-6H3. The van der Waals surface area contributed by atoms with Gasteiger partial charge in [-0.1, -0.05) is 34.1 Å². The zero-order valence-electron chi connectivity index (χ0n) is 14.8. The number of hydrogen-bond donors (Lipinski definition) is 1. The van der Waals surface area contributed by atoms with Gasteiger partial charge >= 0.3 is 0 Å². The average Bonchev–Trinajstić information content (AvgIpc) is 2.36. The Bertz CT molecular complexity index is 260. The van der Waals surface area contributed by atoms with Crippen molar-refractivity contribution in [3.05, 3.63) is 0 Å². The first-order valence-electron chi connectivity index (χ1n) is 8.89. The van der Waals surface area contributed by atoms with Crippen molar-refractivity contribution in [2.75, 3.05) is 19.6 Å². The molecule has 0 amide bonds. The van der Waals surface area contributed by atoms with Crippen LogP contribution < -0.4 is 5.32 Å². The molecule has 2 heteroatoms. The number of hydrogen-bond acceptors (Lipinski definition) is 2. The van der Waals surface area contributed by atoms with Crippen molar-refractivity contribution in [1.82, 2.24) is 10.2 Å². The molecule has 2 nitrogen and oxygen atoms in total. The van der Waals surface area contributed by atoms with Crippen LogP contribution in [-0.4, -0.2) is 36.6 Å². The molecule has 1 aliphatic rings. The van der Waals surface area contributed by atoms with Crippen molar-refractivity contribution in [3.8, 4) is 0 Å². The van der Waals surface area contributed by atoms with Gasteiger partial charge in [-0.15, -0.1) is 0 Å². The minimum absolute atomic E-state index is 0.451. The van der Waals surface area contributed by atoms with Gasteiger partial charge in [0.2, 0.25) is 0 Å². The SMILES string of the molecule is CCCNC1C(CN(CCC)C(C)C)CCCC1(C)C. The Hall–Kier alpha value is -0.0800. The minimum atomic E-state index is 0.451. The van der Waals surface area contributed by atoms with E-state index < -0.39 is 0 Å². The molecule has 2 unspecified atom stereocenters. The Morgan fingerprint density at radius 2 is 1.90 bits per heavy atom. The highest BCUT2D eigenvalue weighted by Gasteiger charge is 2.39. The van der Waals surface area contributed by atoms with Crippen LogP contribution in [0.1, 0.15) is 73.6 Å². The maximum atomic E-state index is 3.87. The summed E-state index contributed by atoms with van der Waals surface area (Å²) in [6, 6.07) is 1.36. The Balaban J connectivity index is 2.72. The lowest BCUT2D eigenvalue weighted by atomic mass is 9.67. The number of rotatable bonds is 8. The van der Waals surface area contributed by atoms with Gasteiger partial charge in [0.25, 0.3) is 0 Å². The first-order valence-corrected chi connectivity index (χ1v) is 8.89. The van der Waals surface area contributed by atoms with Crippen LogP contribution in [0.5, 0.6) is 0 Å². The molecule has 1 saturated carbocycles. The largest absolute Gasteiger partial charge is 0.313 e. The third-order valence-corrected chi connectivity index (χ3v) is 5.03. The molecule has 1 N–H and O–H groups in total. The van der Waals surface area contributed by atoms with Crippen LogP contribution >= 0.6 is 0 Å². The molecule has 20 heavy (non-hydrogen) atoms. The fraction of sp³-hybridized carbons (Fsp3) is 1.00. The third kappa shape index (κ3) is 5.04. The molecule has 0 heterocycles. The molecule has 0 spiro atoms. The predicted octanol–water partition coefficient (Wildman–Crippen LogP) is 4.30. The van der Waals surface area contributed by atoms with Gasteiger partial charge in [-0.3, -0.25) is 0 Å². The molecule has 0 aromatic rings. The van der Waals surface area contributed by atoms with Crippen LogP contribution in [0.25, 0.3) is 0 Å². The minimum Gasteiger partial charge on any atom is -0.313 e. The van der Waals surface area contributed by atoms with E-state index in [1.807, 2.05) is 0 Å². The van der Waals surface area contributed by atoms with Crippen LogP contribution in [0.15, 0.2) is 0 Å². The van der Waals surface area contributed by atoms with E-state index in [-0.39, 0.29) is 0 Å². The van der Waals surface area contributed by atoms with Crippen LogP contribution in [0, 0.1) is 11.3 Å². The summed E-state index contributed by atoms with van der Waals surface area (Å²) in [5.41, 5.74) is 0.451. The Morgan fingerprint density at radius 3 is 2.45 bits per heavy atom. The molecule has 0 aromatic carbocycles. The lowest BCUT2D eigenvalue weighted by molar-refractivity contribution is 0.0694. The lowest BCUT2D eigenvalue weighted by Gasteiger charge is -2.46. The number of nitrogens with one attached hydrogen (secondary N) is 1. The Morgan fingerprint density at radius 1 is 1.20 bits per heavy atom. The molecule has 1 fully saturated rings. The van der Waals surface area contributed by atoms with E-state index >= 15 is 0 Å². The first-order chi connectivity index (χ1) is 9.42. The average molecular weight is 283 g/mol. The highest BCUT2D eigenvalue weighted by Crippen LogP contribution is 2.39. The van der Waals surface area contributed by atoms with Crippen LogP contribution in [0.2, 0.25) is 0 Å². The molecule has 2 atom stereocenters. The highest BCUT2D eigenvalue weighted by molar-refractivity contribution is 4.94. The summed E-state index contributed by atoms with van der Waals surface area (Å²) in [6.45, 7) is 17.9. The molecular weight excluding hydrogens is 244 g/mol. The second-order valence-electron chi connectivity index (χ2n) is 7.66. The summed E-state index contributed by atoms with van der Waals surface area (Å²) >= 11 is 0. The molecule has 0 aromatic heterocycles. The smallest absolute Gasteiger partial charge is 0.0159 e. The van der Waals surface area contributed by atoms with Crippen molar-refractivity contribution in [1.29, 1.82) is 0 Å². The third-order valence-electron chi connectivity index (χ3n) is 5.03. The summed E-state index contributed by atoms with van der Waals surface area (Å²) in [4.78, 5) is 2.69. The molecule has 1 aliphatic carbocycles. The van der Waals surface area contributed by atoms with E-state index in [2.05, 4.69) is 51.8 Å². The van der Waals surface area contributed by atoms with Crippen molar-refractivity contribution in [3.63, 3.8) is 0 Å². The maximum absolute atomic E-state index is 3.87. The van der Waals surface area contributed by atoms with Crippen molar-refractivity contribution in [2.45, 2.75) is 85.7 Å². The van der Waals surface area contributed by atoms with E-state index in [1.54, 1.807) is 0 Å². The van der Waals surface area contributed by atoms with Gasteiger partial charge in [0.1, 0.15) is 0 Å². The van der Waals surface area contributed by atoms with Crippen molar-refractivity contribution in [2.24, 2.45) is 11.3 Å². The summed E-state index contributed by atoms with van der Waals surface area (Å²) in [5.74, 6) is 0.819. The van der Waals surface area contributed by atoms with Crippen molar-refractivity contribution < 1.29 is 0 Å². The molecule has 0 radical (unpaired) electrons. The van der Waals surface area contributed by atoms with E-state index in [0.29, 0.717) is 17.5 Å². The summed E-state index contributed by atoms with van der Waals surface area (Å²) in [6.07, 6.45) is 6.68. The van der Waals surface area contributed by atoms with Crippen LogP contribution in [-0.2, 0) is 0 Å². The Labute approximate surface area is 127 Å². The van der Waals surface area contributed by atoms with E-state index in [4.69, 9.17) is 0 Å². The van der Waals surface area contributed by atoms with Gasteiger partial charge in [0, 0.05) is 18.6 Å². The zero-order valence-corrected chi connectivity index (χ0v) is 14.8. The van der Waals surface area contributed by atoms with Gasteiger partial charge in [-0.25, -0.2) is 0 Å². The van der Waals surface area contributed by atoms with E-state index in [9.17, 15) is 0 Å². The van der Waals surface area contributed by atoms with Gasteiger partial charge in [0.05, 0.1) is 0 Å². The van der Waals surface area contributed by atoms with Gasteiger partial charge in [-0.05, 0) is 64.0 Å². The second-order valence-corrected chi connectivity index (χ2v) is 7.66. The Kier molecular flexibility index (Phi) is 7.53. The fourth-order valence-electron chi connectivity index (χ4n) is 3.87.